The van der Waals surface area contributed by atoms with Crippen molar-refractivity contribution in [3.63, 3.8) is 0 Å². The van der Waals surface area contributed by atoms with Crippen molar-refractivity contribution in [3.05, 3.63) is 27.3 Å². The molecule has 3 nitrogen and oxygen atoms in total. The van der Waals surface area contributed by atoms with Crippen molar-refractivity contribution in [2.45, 2.75) is 33.7 Å². The molecule has 0 heterocycles. The standard InChI is InChI=1S/C13H18INO2/c1-8(13(2,3)4)15-12(17)9-5-6-10(14)11(16)7-9/h5-8,16H,1-4H3,(H,15,17). The SMILES string of the molecule is CC(NC(=O)c1ccc(I)c(O)c1)C(C)(C)C. The first-order valence-corrected chi connectivity index (χ1v) is 6.59. The lowest BCUT2D eigenvalue weighted by Crippen LogP contribution is -2.41. The molecule has 1 aromatic carbocycles. The van der Waals surface area contributed by atoms with Crippen molar-refractivity contribution >= 4 is 28.5 Å². The van der Waals surface area contributed by atoms with Gasteiger partial charge in [-0.2, -0.15) is 0 Å². The van der Waals surface area contributed by atoms with Crippen LogP contribution < -0.4 is 5.32 Å². The zero-order valence-electron chi connectivity index (χ0n) is 10.5. The molecule has 0 aromatic heterocycles. The number of hydrogen-bond donors (Lipinski definition) is 2. The van der Waals surface area contributed by atoms with Crippen LogP contribution in [0.1, 0.15) is 38.1 Å². The molecule has 1 rings (SSSR count). The molecule has 0 saturated heterocycles. The number of carbonyl (C=O) groups is 1. The third kappa shape index (κ3) is 3.87. The highest BCUT2D eigenvalue weighted by atomic mass is 127. The summed E-state index contributed by atoms with van der Waals surface area (Å²) in [7, 11) is 0. The summed E-state index contributed by atoms with van der Waals surface area (Å²) in [5.74, 6) is -0.0132. The Morgan fingerprint density at radius 1 is 1.41 bits per heavy atom. The van der Waals surface area contributed by atoms with E-state index in [1.807, 2.05) is 29.5 Å². The first kappa shape index (κ1) is 14.3. The molecule has 17 heavy (non-hydrogen) atoms. The second kappa shape index (κ2) is 5.25. The van der Waals surface area contributed by atoms with Gasteiger partial charge in [-0.05, 0) is 53.1 Å². The quantitative estimate of drug-likeness (QED) is 0.808. The van der Waals surface area contributed by atoms with Crippen molar-refractivity contribution in [2.24, 2.45) is 5.41 Å². The number of aromatic hydroxyl groups is 1. The van der Waals surface area contributed by atoms with Crippen molar-refractivity contribution in [2.75, 3.05) is 0 Å². The van der Waals surface area contributed by atoms with Gasteiger partial charge in [-0.1, -0.05) is 20.8 Å². The molecule has 0 bridgehead atoms. The number of halogens is 1. The number of carbonyl (C=O) groups excluding carboxylic acids is 1. The van der Waals surface area contributed by atoms with Crippen molar-refractivity contribution < 1.29 is 9.90 Å². The minimum Gasteiger partial charge on any atom is -0.507 e. The largest absolute Gasteiger partial charge is 0.507 e. The van der Waals surface area contributed by atoms with Crippen LogP contribution in [0.2, 0.25) is 0 Å². The highest BCUT2D eigenvalue weighted by Crippen LogP contribution is 2.22. The van der Waals surface area contributed by atoms with Crippen LogP contribution in [0, 0.1) is 8.99 Å². The summed E-state index contributed by atoms with van der Waals surface area (Å²) < 4.78 is 0.739. The number of phenolic OH excluding ortho intramolecular Hbond substituents is 1. The van der Waals surface area contributed by atoms with Crippen molar-refractivity contribution in [3.8, 4) is 5.75 Å². The van der Waals surface area contributed by atoms with E-state index in [1.54, 1.807) is 12.1 Å². The zero-order chi connectivity index (χ0) is 13.2. The number of phenols is 1. The highest BCUT2D eigenvalue weighted by molar-refractivity contribution is 14.1. The molecule has 4 heteroatoms. The zero-order valence-corrected chi connectivity index (χ0v) is 12.7. The van der Waals surface area contributed by atoms with Crippen LogP contribution in [-0.2, 0) is 0 Å². The Morgan fingerprint density at radius 2 is 2.00 bits per heavy atom. The minimum absolute atomic E-state index is 0.0148. The molecule has 1 aromatic rings. The van der Waals surface area contributed by atoms with Gasteiger partial charge >= 0.3 is 0 Å². The molecule has 0 saturated carbocycles. The molecular weight excluding hydrogens is 329 g/mol. The van der Waals surface area contributed by atoms with E-state index in [2.05, 4.69) is 26.1 Å². The summed E-state index contributed by atoms with van der Waals surface area (Å²) >= 11 is 2.02. The number of nitrogens with one attached hydrogen (secondary N) is 1. The molecule has 0 aliphatic rings. The summed E-state index contributed by atoms with van der Waals surface area (Å²) in [6, 6.07) is 5.00. The topological polar surface area (TPSA) is 49.3 Å². The Balaban J connectivity index is 2.80. The predicted molar refractivity (Wildman–Crippen MR) is 77.2 cm³/mol. The van der Waals surface area contributed by atoms with E-state index in [1.165, 1.54) is 6.07 Å². The molecule has 0 fully saturated rings. The van der Waals surface area contributed by atoms with Gasteiger partial charge < -0.3 is 10.4 Å². The van der Waals surface area contributed by atoms with Gasteiger partial charge in [0.05, 0.1) is 3.57 Å². The van der Waals surface area contributed by atoms with Gasteiger partial charge in [-0.25, -0.2) is 0 Å². The van der Waals surface area contributed by atoms with Crippen LogP contribution >= 0.6 is 22.6 Å². The van der Waals surface area contributed by atoms with Crippen molar-refractivity contribution in [1.82, 2.24) is 5.32 Å². The number of rotatable bonds is 2. The van der Waals surface area contributed by atoms with Gasteiger partial charge in [0.1, 0.15) is 5.75 Å². The van der Waals surface area contributed by atoms with E-state index in [0.717, 1.165) is 3.57 Å². The average Bonchev–Trinajstić information content (AvgIpc) is 2.20. The summed E-state index contributed by atoms with van der Waals surface area (Å²) in [5.41, 5.74) is 0.500. The molecule has 0 radical (unpaired) electrons. The Bertz CT molecular complexity index is 424. The first-order valence-electron chi connectivity index (χ1n) is 5.51. The second-order valence-electron chi connectivity index (χ2n) is 5.23. The Kier molecular flexibility index (Phi) is 4.41. The second-order valence-corrected chi connectivity index (χ2v) is 6.39. The third-order valence-corrected chi connectivity index (χ3v) is 3.77. The lowest BCUT2D eigenvalue weighted by Gasteiger charge is -2.28. The molecule has 2 N–H and O–H groups in total. The summed E-state index contributed by atoms with van der Waals surface area (Å²) in [6.07, 6.45) is 0. The third-order valence-electron chi connectivity index (χ3n) is 2.85. The van der Waals surface area contributed by atoms with Gasteiger partial charge in [0.2, 0.25) is 0 Å². The van der Waals surface area contributed by atoms with Gasteiger partial charge in [0, 0.05) is 11.6 Å². The maximum Gasteiger partial charge on any atom is 0.251 e. The highest BCUT2D eigenvalue weighted by Gasteiger charge is 2.22. The number of amides is 1. The molecule has 0 aliphatic heterocycles. The van der Waals surface area contributed by atoms with E-state index in [-0.39, 0.29) is 23.1 Å². The molecular formula is C13H18INO2. The van der Waals surface area contributed by atoms with Crippen LogP contribution in [0.25, 0.3) is 0 Å². The fourth-order valence-corrected chi connectivity index (χ4v) is 1.49. The predicted octanol–water partition coefficient (Wildman–Crippen LogP) is 3.16. The maximum absolute atomic E-state index is 11.9. The van der Waals surface area contributed by atoms with Crippen LogP contribution in [-0.4, -0.2) is 17.1 Å². The smallest absolute Gasteiger partial charge is 0.251 e. The van der Waals surface area contributed by atoms with Crippen LogP contribution in [0.5, 0.6) is 5.75 Å². The maximum atomic E-state index is 11.9. The van der Waals surface area contributed by atoms with E-state index in [9.17, 15) is 9.90 Å². The summed E-state index contributed by atoms with van der Waals surface area (Å²) in [5, 5.41) is 12.5. The van der Waals surface area contributed by atoms with Gasteiger partial charge in [0.15, 0.2) is 0 Å². The summed E-state index contributed by atoms with van der Waals surface area (Å²) in [6.45, 7) is 8.19. The van der Waals surface area contributed by atoms with E-state index < -0.39 is 0 Å². The minimum atomic E-state index is -0.154. The van der Waals surface area contributed by atoms with E-state index >= 15 is 0 Å². The summed E-state index contributed by atoms with van der Waals surface area (Å²) in [4.78, 5) is 11.9. The molecule has 1 atom stereocenters. The van der Waals surface area contributed by atoms with Crippen molar-refractivity contribution in [1.29, 1.82) is 0 Å². The monoisotopic (exact) mass is 347 g/mol. The lowest BCUT2D eigenvalue weighted by molar-refractivity contribution is 0.0909. The molecule has 94 valence electrons. The fourth-order valence-electron chi connectivity index (χ4n) is 1.15. The molecule has 1 amide bonds. The van der Waals surface area contributed by atoms with Crippen LogP contribution in [0.15, 0.2) is 18.2 Å². The van der Waals surface area contributed by atoms with Gasteiger partial charge in [-0.15, -0.1) is 0 Å². The van der Waals surface area contributed by atoms with Gasteiger partial charge in [0.25, 0.3) is 5.91 Å². The fraction of sp³-hybridized carbons (Fsp3) is 0.462. The Morgan fingerprint density at radius 3 is 2.47 bits per heavy atom. The molecule has 0 spiro atoms. The molecule has 1 unspecified atom stereocenters. The Labute approximate surface area is 116 Å². The lowest BCUT2D eigenvalue weighted by atomic mass is 9.88. The van der Waals surface area contributed by atoms with Crippen LogP contribution in [0.4, 0.5) is 0 Å². The van der Waals surface area contributed by atoms with Gasteiger partial charge in [-0.3, -0.25) is 4.79 Å². The Hall–Kier alpha value is -0.780. The van der Waals surface area contributed by atoms with Crippen LogP contribution in [0.3, 0.4) is 0 Å². The van der Waals surface area contributed by atoms with E-state index in [0.29, 0.717) is 5.56 Å². The number of hydrogen-bond acceptors (Lipinski definition) is 2. The normalized spacial score (nSPS) is 13.2. The average molecular weight is 347 g/mol. The first-order chi connectivity index (χ1) is 7.71. The van der Waals surface area contributed by atoms with E-state index in [4.69, 9.17) is 0 Å². The number of benzene rings is 1. The molecule has 0 aliphatic carbocycles.